The predicted octanol–water partition coefficient (Wildman–Crippen LogP) is 2.41. The zero-order chi connectivity index (χ0) is 8.27. The lowest BCUT2D eigenvalue weighted by atomic mass is 10.1. The van der Waals surface area contributed by atoms with Gasteiger partial charge in [0.05, 0.1) is 0 Å². The molecule has 0 aromatic rings. The summed E-state index contributed by atoms with van der Waals surface area (Å²) in [5.74, 6) is 0.283. The molecule has 0 aromatic carbocycles. The van der Waals surface area contributed by atoms with Crippen LogP contribution >= 0.6 is 0 Å². The number of carbonyl (C=O) groups excluding carboxylic acids is 1. The average molecular weight is 148 g/mol. The normalized spacial score (nSPS) is 22.5. The minimum atomic E-state index is 0.283. The first-order chi connectivity index (χ1) is 5.24. The zero-order valence-electron chi connectivity index (χ0n) is 6.76. The van der Waals surface area contributed by atoms with Crippen LogP contribution in [0, 0.1) is 0 Å². The summed E-state index contributed by atoms with van der Waals surface area (Å²) < 4.78 is 0. The lowest BCUT2D eigenvalue weighted by molar-refractivity contribution is -0.116. The van der Waals surface area contributed by atoms with E-state index in [9.17, 15) is 4.79 Å². The second-order valence-electron chi connectivity index (χ2n) is 2.71. The van der Waals surface area contributed by atoms with Gasteiger partial charge in [-0.3, -0.25) is 4.79 Å². The smallest absolute Gasteiger partial charge is 0.141 e. The number of rotatable bonds is 1. The van der Waals surface area contributed by atoms with E-state index in [0.29, 0.717) is 12.8 Å². The molecule has 1 fully saturated rings. The minimum Gasteiger partial charge on any atom is -0.299 e. The first-order valence-electron chi connectivity index (χ1n) is 3.75. The average Bonchev–Trinajstić information content (AvgIpc) is 2.26. The summed E-state index contributed by atoms with van der Waals surface area (Å²) in [5, 5.41) is 0. The van der Waals surface area contributed by atoms with Crippen LogP contribution in [0.15, 0.2) is 36.0 Å². The highest BCUT2D eigenvalue weighted by Gasteiger charge is 2.18. The second kappa shape index (κ2) is 3.33. The molecule has 0 amide bonds. The number of carbonyl (C=O) groups is 1. The fraction of sp³-hybridized carbons (Fsp3) is 0.300. The summed E-state index contributed by atoms with van der Waals surface area (Å²) in [4.78, 5) is 10.9. The van der Waals surface area contributed by atoms with Crippen LogP contribution in [0.3, 0.4) is 0 Å². The van der Waals surface area contributed by atoms with E-state index in [0.717, 1.165) is 11.1 Å². The summed E-state index contributed by atoms with van der Waals surface area (Å²) in [5.41, 5.74) is 2.07. The SMILES string of the molecule is C=C1CC(=O)C/C1=C/C=C\C. The molecular formula is C10H12O. The van der Waals surface area contributed by atoms with E-state index in [1.807, 2.05) is 25.2 Å². The predicted molar refractivity (Wildman–Crippen MR) is 46.3 cm³/mol. The molecule has 0 N–H and O–H groups in total. The van der Waals surface area contributed by atoms with E-state index in [2.05, 4.69) is 6.58 Å². The summed E-state index contributed by atoms with van der Waals surface area (Å²) in [6, 6.07) is 0. The van der Waals surface area contributed by atoms with E-state index in [1.165, 1.54) is 0 Å². The van der Waals surface area contributed by atoms with Gasteiger partial charge in [-0.05, 0) is 18.1 Å². The maximum Gasteiger partial charge on any atom is 0.141 e. The molecule has 1 heteroatoms. The lowest BCUT2D eigenvalue weighted by Crippen LogP contribution is -1.83. The highest BCUT2D eigenvalue weighted by molar-refractivity contribution is 5.89. The van der Waals surface area contributed by atoms with Crippen molar-refractivity contribution in [1.82, 2.24) is 0 Å². The molecule has 0 heterocycles. The molecule has 0 aliphatic heterocycles. The Balaban J connectivity index is 2.74. The summed E-state index contributed by atoms with van der Waals surface area (Å²) in [6.07, 6.45) is 6.97. The zero-order valence-corrected chi connectivity index (χ0v) is 6.76. The van der Waals surface area contributed by atoms with Crippen LogP contribution in [-0.2, 0) is 4.79 Å². The summed E-state index contributed by atoms with van der Waals surface area (Å²) in [6.45, 7) is 5.77. The summed E-state index contributed by atoms with van der Waals surface area (Å²) in [7, 11) is 0. The topological polar surface area (TPSA) is 17.1 Å². The molecular weight excluding hydrogens is 136 g/mol. The molecule has 1 aliphatic rings. The molecule has 0 saturated heterocycles. The first kappa shape index (κ1) is 7.99. The van der Waals surface area contributed by atoms with Crippen molar-refractivity contribution in [3.63, 3.8) is 0 Å². The molecule has 0 atom stereocenters. The van der Waals surface area contributed by atoms with Gasteiger partial charge in [-0.25, -0.2) is 0 Å². The maximum atomic E-state index is 10.9. The maximum absolute atomic E-state index is 10.9. The number of hydrogen-bond acceptors (Lipinski definition) is 1. The number of hydrogen-bond donors (Lipinski definition) is 0. The number of Topliss-reactive ketones (excluding diaryl/α,β-unsaturated/α-hetero) is 1. The first-order valence-corrected chi connectivity index (χ1v) is 3.75. The van der Waals surface area contributed by atoms with Crippen molar-refractivity contribution in [2.45, 2.75) is 19.8 Å². The Morgan fingerprint density at radius 1 is 1.45 bits per heavy atom. The third-order valence-corrected chi connectivity index (χ3v) is 1.74. The van der Waals surface area contributed by atoms with Crippen LogP contribution in [0.4, 0.5) is 0 Å². The van der Waals surface area contributed by atoms with Crippen molar-refractivity contribution in [2.75, 3.05) is 0 Å². The highest BCUT2D eigenvalue weighted by Crippen LogP contribution is 2.25. The standard InChI is InChI=1S/C10H12O/c1-3-4-5-9-7-10(11)6-8(9)2/h3-5H,2,6-7H2,1H3/b4-3-,9-5-. The molecule has 0 unspecified atom stereocenters. The Kier molecular flexibility index (Phi) is 2.42. The molecule has 1 aliphatic carbocycles. The van der Waals surface area contributed by atoms with E-state index in [1.54, 1.807) is 0 Å². The Hall–Kier alpha value is -1.11. The van der Waals surface area contributed by atoms with Crippen LogP contribution in [0.25, 0.3) is 0 Å². The molecule has 58 valence electrons. The second-order valence-corrected chi connectivity index (χ2v) is 2.71. The Morgan fingerprint density at radius 3 is 2.64 bits per heavy atom. The van der Waals surface area contributed by atoms with Gasteiger partial charge in [0, 0.05) is 12.8 Å². The van der Waals surface area contributed by atoms with Crippen LogP contribution in [0.1, 0.15) is 19.8 Å². The van der Waals surface area contributed by atoms with E-state index >= 15 is 0 Å². The van der Waals surface area contributed by atoms with Crippen LogP contribution < -0.4 is 0 Å². The van der Waals surface area contributed by atoms with E-state index in [-0.39, 0.29) is 5.78 Å². The third-order valence-electron chi connectivity index (χ3n) is 1.74. The molecule has 1 rings (SSSR count). The summed E-state index contributed by atoms with van der Waals surface area (Å²) >= 11 is 0. The highest BCUT2D eigenvalue weighted by atomic mass is 16.1. The lowest BCUT2D eigenvalue weighted by Gasteiger charge is -1.91. The van der Waals surface area contributed by atoms with Crippen LogP contribution in [0.5, 0.6) is 0 Å². The minimum absolute atomic E-state index is 0.283. The Morgan fingerprint density at radius 2 is 2.18 bits per heavy atom. The van der Waals surface area contributed by atoms with Gasteiger partial charge in [-0.1, -0.05) is 24.8 Å². The van der Waals surface area contributed by atoms with Crippen LogP contribution in [0.2, 0.25) is 0 Å². The third kappa shape index (κ3) is 1.90. The number of allylic oxidation sites excluding steroid dienone is 5. The van der Waals surface area contributed by atoms with E-state index < -0.39 is 0 Å². The van der Waals surface area contributed by atoms with Gasteiger partial charge in [0.15, 0.2) is 0 Å². The van der Waals surface area contributed by atoms with Gasteiger partial charge in [0.2, 0.25) is 0 Å². The molecule has 11 heavy (non-hydrogen) atoms. The molecule has 0 aromatic heterocycles. The molecule has 0 spiro atoms. The number of ketones is 1. The van der Waals surface area contributed by atoms with Crippen molar-refractivity contribution >= 4 is 5.78 Å². The monoisotopic (exact) mass is 148 g/mol. The van der Waals surface area contributed by atoms with Gasteiger partial charge in [-0.15, -0.1) is 0 Å². The molecule has 1 saturated carbocycles. The quantitative estimate of drug-likeness (QED) is 0.558. The van der Waals surface area contributed by atoms with E-state index in [4.69, 9.17) is 0 Å². The van der Waals surface area contributed by atoms with Gasteiger partial charge in [-0.2, -0.15) is 0 Å². The van der Waals surface area contributed by atoms with Crippen molar-refractivity contribution in [3.8, 4) is 0 Å². The van der Waals surface area contributed by atoms with Crippen molar-refractivity contribution in [2.24, 2.45) is 0 Å². The molecule has 1 nitrogen and oxygen atoms in total. The van der Waals surface area contributed by atoms with Gasteiger partial charge in [0.25, 0.3) is 0 Å². The van der Waals surface area contributed by atoms with Gasteiger partial charge in [0.1, 0.15) is 5.78 Å². The fourth-order valence-electron chi connectivity index (χ4n) is 1.14. The largest absolute Gasteiger partial charge is 0.299 e. The van der Waals surface area contributed by atoms with Crippen molar-refractivity contribution in [3.05, 3.63) is 36.0 Å². The van der Waals surface area contributed by atoms with Crippen LogP contribution in [-0.4, -0.2) is 5.78 Å². The van der Waals surface area contributed by atoms with Crippen molar-refractivity contribution in [1.29, 1.82) is 0 Å². The Labute approximate surface area is 67.1 Å². The van der Waals surface area contributed by atoms with Gasteiger partial charge >= 0.3 is 0 Å². The molecule has 0 bridgehead atoms. The molecule has 0 radical (unpaired) electrons. The fourth-order valence-corrected chi connectivity index (χ4v) is 1.14. The Bertz CT molecular complexity index is 244. The van der Waals surface area contributed by atoms with Gasteiger partial charge < -0.3 is 0 Å². The van der Waals surface area contributed by atoms with Crippen molar-refractivity contribution < 1.29 is 4.79 Å².